The highest BCUT2D eigenvalue weighted by Crippen LogP contribution is 2.37. The minimum absolute atomic E-state index is 0.0716. The Morgan fingerprint density at radius 2 is 1.94 bits per heavy atom. The Hall–Kier alpha value is -3.77. The van der Waals surface area contributed by atoms with Gasteiger partial charge in [0.25, 0.3) is 11.5 Å². The number of nitrogens with zero attached hydrogens (tertiary/aromatic N) is 3. The second-order valence-electron chi connectivity index (χ2n) is 7.35. The molecule has 3 aromatic rings. The zero-order valence-corrected chi connectivity index (χ0v) is 18.0. The molecule has 0 radical (unpaired) electrons. The summed E-state index contributed by atoms with van der Waals surface area (Å²) >= 11 is 1.40. The van der Waals surface area contributed by atoms with E-state index in [4.69, 9.17) is 4.74 Å². The number of rotatable bonds is 6. The van der Waals surface area contributed by atoms with Gasteiger partial charge < -0.3 is 10.1 Å². The summed E-state index contributed by atoms with van der Waals surface area (Å²) in [6.07, 6.45) is 3.85. The quantitative estimate of drug-likeness (QED) is 0.580. The lowest BCUT2D eigenvalue weighted by atomic mass is 9.96. The van der Waals surface area contributed by atoms with Crippen molar-refractivity contribution in [2.24, 2.45) is 0 Å². The van der Waals surface area contributed by atoms with Crippen LogP contribution < -0.4 is 10.9 Å². The van der Waals surface area contributed by atoms with Gasteiger partial charge in [0.05, 0.1) is 12.1 Å². The van der Waals surface area contributed by atoms with Crippen molar-refractivity contribution in [2.75, 3.05) is 11.9 Å². The second kappa shape index (κ2) is 9.58. The molecule has 0 saturated carbocycles. The molecule has 0 atom stereocenters. The Kier molecular flexibility index (Phi) is 6.42. The number of aryl methyl sites for hydroxylation is 1. The second-order valence-corrected chi connectivity index (χ2v) is 8.46. The smallest absolute Gasteiger partial charge is 0.359 e. The average Bonchev–Trinajstić information content (AvgIpc) is 3.16. The molecule has 2 heterocycles. The van der Waals surface area contributed by atoms with Crippen molar-refractivity contribution >= 4 is 28.2 Å². The molecule has 1 aromatic carbocycles. The lowest BCUT2D eigenvalue weighted by Crippen LogP contribution is -2.26. The number of nitrogens with one attached hydrogen (secondary N) is 1. The van der Waals surface area contributed by atoms with Crippen LogP contribution >= 0.6 is 11.3 Å². The van der Waals surface area contributed by atoms with Gasteiger partial charge in [-0.2, -0.15) is 10.4 Å². The molecular formula is C23H20N4O4S. The molecule has 0 bridgehead atoms. The summed E-state index contributed by atoms with van der Waals surface area (Å²) < 4.78 is 6.24. The number of benzene rings is 1. The summed E-state index contributed by atoms with van der Waals surface area (Å²) in [6, 6.07) is 13.9. The van der Waals surface area contributed by atoms with Crippen molar-refractivity contribution < 1.29 is 14.3 Å². The summed E-state index contributed by atoms with van der Waals surface area (Å²) in [4.78, 5) is 37.9. The van der Waals surface area contributed by atoms with E-state index in [2.05, 4.69) is 16.5 Å². The van der Waals surface area contributed by atoms with Gasteiger partial charge in [-0.05, 0) is 42.9 Å². The number of esters is 1. The zero-order chi connectivity index (χ0) is 22.5. The average molecular weight is 449 g/mol. The SMILES string of the molecule is N#Cc1c(NC(=O)COC(=O)c2ccc(=O)n(Cc3ccccc3)n2)sc2c1CCCC2. The fraction of sp³-hybridized carbons (Fsp3) is 0.261. The molecule has 0 spiro atoms. The van der Waals surface area contributed by atoms with Gasteiger partial charge in [-0.3, -0.25) is 9.59 Å². The molecule has 9 heteroatoms. The Morgan fingerprint density at radius 1 is 1.16 bits per heavy atom. The van der Waals surface area contributed by atoms with E-state index < -0.39 is 18.5 Å². The zero-order valence-electron chi connectivity index (χ0n) is 17.2. The maximum atomic E-state index is 12.4. The largest absolute Gasteiger partial charge is 0.451 e. The van der Waals surface area contributed by atoms with Crippen LogP contribution in [0.5, 0.6) is 0 Å². The summed E-state index contributed by atoms with van der Waals surface area (Å²) in [7, 11) is 0. The molecule has 1 N–H and O–H groups in total. The number of thiophene rings is 1. The van der Waals surface area contributed by atoms with E-state index in [9.17, 15) is 19.6 Å². The highest BCUT2D eigenvalue weighted by atomic mass is 32.1. The number of fused-ring (bicyclic) bond motifs is 1. The first-order valence-electron chi connectivity index (χ1n) is 10.2. The lowest BCUT2D eigenvalue weighted by molar-refractivity contribution is -0.119. The molecule has 0 aliphatic heterocycles. The van der Waals surface area contributed by atoms with Crippen molar-refractivity contribution in [3.63, 3.8) is 0 Å². The standard InChI is InChI=1S/C23H20N4O4S/c24-12-17-16-8-4-5-9-19(16)32-22(17)25-20(28)14-31-23(30)18-10-11-21(29)27(26-18)13-15-6-2-1-3-7-15/h1-3,6-7,10-11H,4-5,8-9,13-14H2,(H,25,28). The van der Waals surface area contributed by atoms with Gasteiger partial charge in [-0.1, -0.05) is 30.3 Å². The number of amides is 1. The van der Waals surface area contributed by atoms with Crippen LogP contribution in [0.2, 0.25) is 0 Å². The third-order valence-electron chi connectivity index (χ3n) is 5.12. The van der Waals surface area contributed by atoms with Crippen molar-refractivity contribution in [3.05, 3.63) is 80.1 Å². The van der Waals surface area contributed by atoms with E-state index in [1.807, 2.05) is 30.3 Å². The van der Waals surface area contributed by atoms with Gasteiger partial charge >= 0.3 is 5.97 Å². The van der Waals surface area contributed by atoms with Crippen molar-refractivity contribution in [1.82, 2.24) is 9.78 Å². The Labute approximate surface area is 188 Å². The van der Waals surface area contributed by atoms with E-state index >= 15 is 0 Å². The fourth-order valence-electron chi connectivity index (χ4n) is 3.57. The molecule has 8 nitrogen and oxygen atoms in total. The molecule has 0 unspecified atom stereocenters. The molecule has 1 aliphatic rings. The minimum Gasteiger partial charge on any atom is -0.451 e. The van der Waals surface area contributed by atoms with Gasteiger partial charge in [0.15, 0.2) is 12.3 Å². The number of ether oxygens (including phenoxy) is 1. The van der Waals surface area contributed by atoms with Crippen LogP contribution in [0, 0.1) is 11.3 Å². The summed E-state index contributed by atoms with van der Waals surface area (Å²) in [5.41, 5.74) is 1.95. The van der Waals surface area contributed by atoms with Crippen molar-refractivity contribution in [3.8, 4) is 6.07 Å². The number of anilines is 1. The fourth-order valence-corrected chi connectivity index (χ4v) is 4.82. The van der Waals surface area contributed by atoms with Crippen LogP contribution in [-0.4, -0.2) is 28.3 Å². The number of carbonyl (C=O) groups is 2. The number of nitriles is 1. The highest BCUT2D eigenvalue weighted by Gasteiger charge is 2.22. The van der Waals surface area contributed by atoms with Crippen LogP contribution in [0.3, 0.4) is 0 Å². The molecule has 2 aromatic heterocycles. The summed E-state index contributed by atoms with van der Waals surface area (Å²) in [6.45, 7) is -0.312. The summed E-state index contributed by atoms with van der Waals surface area (Å²) in [5, 5.41) is 16.7. The molecule has 1 amide bonds. The minimum atomic E-state index is -0.812. The molecule has 4 rings (SSSR count). The van der Waals surface area contributed by atoms with Crippen molar-refractivity contribution in [1.29, 1.82) is 5.26 Å². The Bertz CT molecular complexity index is 1260. The highest BCUT2D eigenvalue weighted by molar-refractivity contribution is 7.16. The van der Waals surface area contributed by atoms with E-state index in [1.165, 1.54) is 28.2 Å². The van der Waals surface area contributed by atoms with E-state index in [1.54, 1.807) is 0 Å². The lowest BCUT2D eigenvalue weighted by Gasteiger charge is -2.09. The first kappa shape index (κ1) is 21.5. The topological polar surface area (TPSA) is 114 Å². The van der Waals surface area contributed by atoms with E-state index in [-0.39, 0.29) is 17.8 Å². The molecule has 162 valence electrons. The Balaban J connectivity index is 1.39. The number of hydrogen-bond acceptors (Lipinski definition) is 7. The maximum Gasteiger partial charge on any atom is 0.359 e. The maximum absolute atomic E-state index is 12.4. The number of carbonyl (C=O) groups excluding carboxylic acids is 2. The molecule has 1 aliphatic carbocycles. The van der Waals surface area contributed by atoms with Crippen LogP contribution in [0.15, 0.2) is 47.3 Å². The third kappa shape index (κ3) is 4.76. The van der Waals surface area contributed by atoms with Gasteiger partial charge in [-0.15, -0.1) is 11.3 Å². The van der Waals surface area contributed by atoms with Gasteiger partial charge in [0.2, 0.25) is 0 Å². The molecule has 0 fully saturated rings. The van der Waals surface area contributed by atoms with Crippen LogP contribution in [0.4, 0.5) is 5.00 Å². The van der Waals surface area contributed by atoms with Gasteiger partial charge in [0.1, 0.15) is 11.1 Å². The predicted octanol–water partition coefficient (Wildman–Crippen LogP) is 2.90. The Morgan fingerprint density at radius 3 is 2.72 bits per heavy atom. The predicted molar refractivity (Wildman–Crippen MR) is 119 cm³/mol. The van der Waals surface area contributed by atoms with Crippen molar-refractivity contribution in [2.45, 2.75) is 32.2 Å². The van der Waals surface area contributed by atoms with Crippen LogP contribution in [-0.2, 0) is 28.9 Å². The number of aromatic nitrogens is 2. The van der Waals surface area contributed by atoms with Gasteiger partial charge in [-0.25, -0.2) is 9.48 Å². The first-order valence-corrected chi connectivity index (χ1v) is 11.0. The first-order chi connectivity index (χ1) is 15.5. The molecular weight excluding hydrogens is 428 g/mol. The van der Waals surface area contributed by atoms with E-state index in [0.717, 1.165) is 41.7 Å². The van der Waals surface area contributed by atoms with Gasteiger partial charge in [0, 0.05) is 10.9 Å². The van der Waals surface area contributed by atoms with Crippen LogP contribution in [0.25, 0.3) is 0 Å². The van der Waals surface area contributed by atoms with E-state index in [0.29, 0.717) is 10.6 Å². The monoisotopic (exact) mass is 448 g/mol. The number of hydrogen-bond donors (Lipinski definition) is 1. The normalized spacial score (nSPS) is 12.5. The van der Waals surface area contributed by atoms with Crippen LogP contribution in [0.1, 0.15) is 44.9 Å². The molecule has 32 heavy (non-hydrogen) atoms. The molecule has 0 saturated heterocycles. The third-order valence-corrected chi connectivity index (χ3v) is 6.33. The summed E-state index contributed by atoms with van der Waals surface area (Å²) in [5.74, 6) is -1.35.